The van der Waals surface area contributed by atoms with Crippen LogP contribution in [0, 0.1) is 6.92 Å². The number of hydrogen-bond acceptors (Lipinski definition) is 3. The Hall–Kier alpha value is -1.33. The summed E-state index contributed by atoms with van der Waals surface area (Å²) < 4.78 is 26.0. The van der Waals surface area contributed by atoms with Gasteiger partial charge in [-0.05, 0) is 52.7 Å². The van der Waals surface area contributed by atoms with Gasteiger partial charge in [0.2, 0.25) is 9.84 Å². The zero-order chi connectivity index (χ0) is 14.0. The molecule has 2 aromatic carbocycles. The number of sulfone groups is 1. The Balaban J connectivity index is 2.70. The topological polar surface area (TPSA) is 46.2 Å². The van der Waals surface area contributed by atoms with Crippen molar-refractivity contribution in [3.8, 4) is 0 Å². The highest BCUT2D eigenvalue weighted by Gasteiger charge is 2.23. The van der Waals surface area contributed by atoms with E-state index in [4.69, 9.17) is 0 Å². The van der Waals surface area contributed by atoms with Crippen molar-refractivity contribution < 1.29 is 8.42 Å². The molecule has 0 spiro atoms. The molecule has 1 N–H and O–H groups in total. The minimum absolute atomic E-state index is 0.275. The first-order chi connectivity index (χ1) is 8.96. The predicted molar refractivity (Wildman–Crippen MR) is 80.3 cm³/mol. The third-order valence-corrected chi connectivity index (χ3v) is 5.63. The van der Waals surface area contributed by atoms with Gasteiger partial charge in [0.1, 0.15) is 0 Å². The van der Waals surface area contributed by atoms with E-state index in [0.29, 0.717) is 15.1 Å². The number of hydrogen-bond donors (Lipinski definition) is 1. The first-order valence-corrected chi connectivity index (χ1v) is 8.02. The smallest absolute Gasteiger partial charge is 0.209 e. The fraction of sp³-hybridized carbons (Fsp3) is 0.143. The maximum atomic E-state index is 12.7. The molecular formula is C14H14BrNO2S. The highest BCUT2D eigenvalue weighted by molar-refractivity contribution is 9.10. The van der Waals surface area contributed by atoms with Crippen molar-refractivity contribution >= 4 is 31.5 Å². The second-order valence-electron chi connectivity index (χ2n) is 4.18. The molecule has 0 unspecified atom stereocenters. The zero-order valence-corrected chi connectivity index (χ0v) is 13.0. The third kappa shape index (κ3) is 2.67. The van der Waals surface area contributed by atoms with Gasteiger partial charge in [0, 0.05) is 11.5 Å². The van der Waals surface area contributed by atoms with Gasteiger partial charge in [-0.15, -0.1) is 0 Å². The second kappa shape index (κ2) is 5.35. The second-order valence-corrected chi connectivity index (χ2v) is 6.92. The van der Waals surface area contributed by atoms with Crippen molar-refractivity contribution in [1.29, 1.82) is 0 Å². The molecule has 0 heterocycles. The molecule has 2 aromatic rings. The van der Waals surface area contributed by atoms with Crippen LogP contribution >= 0.6 is 15.9 Å². The van der Waals surface area contributed by atoms with Gasteiger partial charge < -0.3 is 5.32 Å². The van der Waals surface area contributed by atoms with Gasteiger partial charge in [0.05, 0.1) is 15.5 Å². The van der Waals surface area contributed by atoms with E-state index >= 15 is 0 Å². The summed E-state index contributed by atoms with van der Waals surface area (Å²) in [5, 5.41) is 2.92. The lowest BCUT2D eigenvalue weighted by atomic mass is 10.2. The maximum Gasteiger partial charge on any atom is 0.209 e. The number of aryl methyl sites for hydroxylation is 1. The van der Waals surface area contributed by atoms with Gasteiger partial charge >= 0.3 is 0 Å². The van der Waals surface area contributed by atoms with E-state index in [2.05, 4.69) is 21.2 Å². The van der Waals surface area contributed by atoms with Gasteiger partial charge in [-0.1, -0.05) is 18.2 Å². The van der Waals surface area contributed by atoms with Crippen molar-refractivity contribution in [3.63, 3.8) is 0 Å². The van der Waals surface area contributed by atoms with E-state index < -0.39 is 9.84 Å². The van der Waals surface area contributed by atoms with E-state index in [1.54, 1.807) is 43.4 Å². The summed E-state index contributed by atoms with van der Waals surface area (Å²) in [6.45, 7) is 1.87. The summed E-state index contributed by atoms with van der Waals surface area (Å²) in [5.74, 6) is 0. The van der Waals surface area contributed by atoms with E-state index in [-0.39, 0.29) is 4.90 Å². The molecule has 5 heteroatoms. The van der Waals surface area contributed by atoms with Crippen LogP contribution in [0.15, 0.2) is 56.7 Å². The molecule has 0 radical (unpaired) electrons. The molecule has 0 aliphatic heterocycles. The van der Waals surface area contributed by atoms with Crippen LogP contribution in [0.4, 0.5) is 5.69 Å². The molecule has 100 valence electrons. The summed E-state index contributed by atoms with van der Waals surface area (Å²) in [5.41, 5.74) is 1.51. The third-order valence-electron chi connectivity index (χ3n) is 2.82. The molecule has 3 nitrogen and oxygen atoms in total. The first-order valence-electron chi connectivity index (χ1n) is 5.75. The van der Waals surface area contributed by atoms with Gasteiger partial charge in [0.15, 0.2) is 0 Å². The van der Waals surface area contributed by atoms with E-state index in [1.807, 2.05) is 13.0 Å². The summed E-state index contributed by atoms with van der Waals surface area (Å²) in [4.78, 5) is 0.569. The van der Waals surface area contributed by atoms with E-state index in [0.717, 1.165) is 5.56 Å². The minimum atomic E-state index is -3.54. The fourth-order valence-electron chi connectivity index (χ4n) is 1.84. The van der Waals surface area contributed by atoms with Gasteiger partial charge in [-0.2, -0.15) is 0 Å². The van der Waals surface area contributed by atoms with Gasteiger partial charge in [-0.25, -0.2) is 8.42 Å². The summed E-state index contributed by atoms with van der Waals surface area (Å²) in [7, 11) is -1.83. The molecule has 19 heavy (non-hydrogen) atoms. The van der Waals surface area contributed by atoms with Crippen molar-refractivity contribution in [2.24, 2.45) is 0 Å². The average Bonchev–Trinajstić information content (AvgIpc) is 2.39. The van der Waals surface area contributed by atoms with Crippen molar-refractivity contribution in [1.82, 2.24) is 0 Å². The molecular weight excluding hydrogens is 326 g/mol. The quantitative estimate of drug-likeness (QED) is 0.928. The Labute approximate surface area is 121 Å². The van der Waals surface area contributed by atoms with Gasteiger partial charge in [0.25, 0.3) is 0 Å². The van der Waals surface area contributed by atoms with Crippen molar-refractivity contribution in [3.05, 3.63) is 52.5 Å². The number of anilines is 1. The molecule has 0 fully saturated rings. The largest absolute Gasteiger partial charge is 0.387 e. The van der Waals surface area contributed by atoms with Crippen LogP contribution < -0.4 is 5.32 Å². The average molecular weight is 340 g/mol. The van der Waals surface area contributed by atoms with Crippen molar-refractivity contribution in [2.45, 2.75) is 16.7 Å². The summed E-state index contributed by atoms with van der Waals surface area (Å²) >= 11 is 3.29. The van der Waals surface area contributed by atoms with Crippen LogP contribution in [0.25, 0.3) is 0 Å². The number of benzene rings is 2. The summed E-state index contributed by atoms with van der Waals surface area (Å²) in [6.07, 6.45) is 0. The summed E-state index contributed by atoms with van der Waals surface area (Å²) in [6, 6.07) is 12.2. The lowest BCUT2D eigenvalue weighted by Gasteiger charge is -2.12. The lowest BCUT2D eigenvalue weighted by molar-refractivity contribution is 0.596. The van der Waals surface area contributed by atoms with E-state index in [9.17, 15) is 8.42 Å². The number of rotatable bonds is 3. The highest BCUT2D eigenvalue weighted by atomic mass is 79.9. The first kappa shape index (κ1) is 14.1. The van der Waals surface area contributed by atoms with Crippen LogP contribution in [0.3, 0.4) is 0 Å². The van der Waals surface area contributed by atoms with Crippen LogP contribution in [-0.4, -0.2) is 15.5 Å². The van der Waals surface area contributed by atoms with Crippen LogP contribution in [0.5, 0.6) is 0 Å². The zero-order valence-electron chi connectivity index (χ0n) is 10.6. The van der Waals surface area contributed by atoms with Gasteiger partial charge in [-0.3, -0.25) is 0 Å². The molecule has 0 aliphatic rings. The Bertz CT molecular complexity index is 711. The monoisotopic (exact) mass is 339 g/mol. The Morgan fingerprint density at radius 2 is 1.74 bits per heavy atom. The highest BCUT2D eigenvalue weighted by Crippen LogP contribution is 2.32. The Morgan fingerprint density at radius 1 is 1.05 bits per heavy atom. The van der Waals surface area contributed by atoms with Crippen molar-refractivity contribution in [2.75, 3.05) is 12.4 Å². The minimum Gasteiger partial charge on any atom is -0.387 e. The standard InChI is InChI=1S/C14H14BrNO2S/c1-10-7-8-12(16-2)14(9-10)19(17,18)13-6-4-3-5-11(13)15/h3-9,16H,1-2H3. The lowest BCUT2D eigenvalue weighted by Crippen LogP contribution is -2.06. The van der Waals surface area contributed by atoms with E-state index in [1.165, 1.54) is 0 Å². The molecule has 0 bridgehead atoms. The number of nitrogens with one attached hydrogen (secondary N) is 1. The van der Waals surface area contributed by atoms with Crippen LogP contribution in [0.2, 0.25) is 0 Å². The molecule has 0 amide bonds. The predicted octanol–water partition coefficient (Wildman–Crippen LogP) is 3.63. The molecule has 0 atom stereocenters. The molecule has 0 aromatic heterocycles. The molecule has 2 rings (SSSR count). The number of halogens is 1. The molecule has 0 saturated heterocycles. The normalized spacial score (nSPS) is 11.3. The Morgan fingerprint density at radius 3 is 2.37 bits per heavy atom. The van der Waals surface area contributed by atoms with Crippen LogP contribution in [0.1, 0.15) is 5.56 Å². The molecule has 0 saturated carbocycles. The van der Waals surface area contributed by atoms with Crippen LogP contribution in [-0.2, 0) is 9.84 Å². The fourth-order valence-corrected chi connectivity index (χ4v) is 4.38. The molecule has 0 aliphatic carbocycles. The maximum absolute atomic E-state index is 12.7. The SMILES string of the molecule is CNc1ccc(C)cc1S(=O)(=O)c1ccccc1Br. The Kier molecular flexibility index (Phi) is 3.96.